The average Bonchev–Trinajstić information content (AvgIpc) is 3.12. The van der Waals surface area contributed by atoms with E-state index in [0.29, 0.717) is 11.2 Å². The first-order valence-electron chi connectivity index (χ1n) is 11.7. The fourth-order valence-corrected chi connectivity index (χ4v) is 4.65. The number of fused-ring (bicyclic) bond motifs is 1. The van der Waals surface area contributed by atoms with Crippen LogP contribution in [0.2, 0.25) is 0 Å². The van der Waals surface area contributed by atoms with Crippen LogP contribution in [0.4, 0.5) is 5.69 Å². The van der Waals surface area contributed by atoms with E-state index < -0.39 is 10.1 Å². The zero-order valence-electron chi connectivity index (χ0n) is 19.0. The van der Waals surface area contributed by atoms with E-state index in [2.05, 4.69) is 11.5 Å². The number of hydrogen-bond acceptors (Lipinski definition) is 4. The lowest BCUT2D eigenvalue weighted by Gasteiger charge is -2.10. The molecule has 3 N–H and O–H groups in total. The summed E-state index contributed by atoms with van der Waals surface area (Å²) < 4.78 is 34.6. The van der Waals surface area contributed by atoms with Gasteiger partial charge in [0, 0.05) is 17.8 Å². The van der Waals surface area contributed by atoms with Crippen molar-refractivity contribution < 1.29 is 13.0 Å². The SMILES string of the molecule is CCCCCCCCCCCCn1c(-c2cccc(N)c2)nc2cc(S(=O)(=O)O)ccc21. The molecule has 0 spiro atoms. The van der Waals surface area contributed by atoms with Gasteiger partial charge in [0.25, 0.3) is 10.1 Å². The van der Waals surface area contributed by atoms with E-state index in [4.69, 9.17) is 10.7 Å². The van der Waals surface area contributed by atoms with Crippen LogP contribution in [0.15, 0.2) is 47.4 Å². The molecular formula is C25H35N3O3S. The molecule has 1 heterocycles. The highest BCUT2D eigenvalue weighted by atomic mass is 32.2. The van der Waals surface area contributed by atoms with Gasteiger partial charge in [-0.1, -0.05) is 76.8 Å². The van der Waals surface area contributed by atoms with Crippen molar-refractivity contribution in [3.8, 4) is 11.4 Å². The molecule has 7 heteroatoms. The van der Waals surface area contributed by atoms with Crippen LogP contribution in [0, 0.1) is 0 Å². The molecule has 0 amide bonds. The fraction of sp³-hybridized carbons (Fsp3) is 0.480. The maximum Gasteiger partial charge on any atom is 0.294 e. The molecule has 6 nitrogen and oxygen atoms in total. The predicted octanol–water partition coefficient (Wildman–Crippen LogP) is 6.45. The summed E-state index contributed by atoms with van der Waals surface area (Å²) in [6, 6.07) is 12.1. The molecule has 174 valence electrons. The van der Waals surface area contributed by atoms with Crippen LogP contribution >= 0.6 is 0 Å². The van der Waals surface area contributed by atoms with Crippen LogP contribution in [0.3, 0.4) is 0 Å². The number of anilines is 1. The normalized spacial score (nSPS) is 11.9. The van der Waals surface area contributed by atoms with Gasteiger partial charge in [0.05, 0.1) is 15.9 Å². The first-order chi connectivity index (χ1) is 15.4. The Balaban J connectivity index is 1.69. The highest BCUT2D eigenvalue weighted by Crippen LogP contribution is 2.28. The topological polar surface area (TPSA) is 98.2 Å². The number of nitrogens with two attached hydrogens (primary N) is 1. The largest absolute Gasteiger partial charge is 0.399 e. The minimum atomic E-state index is -4.28. The van der Waals surface area contributed by atoms with Gasteiger partial charge >= 0.3 is 0 Å². The zero-order chi connectivity index (χ0) is 23.0. The third-order valence-electron chi connectivity index (χ3n) is 5.90. The first kappa shape index (κ1) is 24.3. The molecule has 0 fully saturated rings. The van der Waals surface area contributed by atoms with Crippen LogP contribution < -0.4 is 5.73 Å². The van der Waals surface area contributed by atoms with E-state index in [1.165, 1.54) is 63.5 Å². The average molecular weight is 458 g/mol. The molecule has 1 aromatic heterocycles. The van der Waals surface area contributed by atoms with Crippen molar-refractivity contribution in [1.29, 1.82) is 0 Å². The van der Waals surface area contributed by atoms with E-state index in [0.717, 1.165) is 36.3 Å². The maximum absolute atomic E-state index is 11.6. The van der Waals surface area contributed by atoms with Crippen LogP contribution in [0.1, 0.15) is 71.1 Å². The lowest BCUT2D eigenvalue weighted by atomic mass is 10.1. The standard InChI is InChI=1S/C25H35N3O3S/c1-2-3-4-5-6-7-8-9-10-11-17-28-24-16-15-22(32(29,30)31)19-23(24)27-25(28)20-13-12-14-21(26)18-20/h12-16,18-19H,2-11,17,26H2,1H3,(H,29,30,31). The van der Waals surface area contributed by atoms with E-state index in [1.807, 2.05) is 24.3 Å². The molecular weight excluding hydrogens is 422 g/mol. The van der Waals surface area contributed by atoms with Crippen LogP contribution in [-0.2, 0) is 16.7 Å². The highest BCUT2D eigenvalue weighted by Gasteiger charge is 2.16. The molecule has 2 aromatic carbocycles. The van der Waals surface area contributed by atoms with Crippen molar-refractivity contribution in [1.82, 2.24) is 9.55 Å². The number of benzene rings is 2. The Morgan fingerprint density at radius 2 is 1.56 bits per heavy atom. The van der Waals surface area contributed by atoms with Crippen LogP contribution in [0.5, 0.6) is 0 Å². The van der Waals surface area contributed by atoms with Crippen molar-refractivity contribution >= 4 is 26.8 Å². The highest BCUT2D eigenvalue weighted by molar-refractivity contribution is 7.85. The van der Waals surface area contributed by atoms with E-state index >= 15 is 0 Å². The fourth-order valence-electron chi connectivity index (χ4n) is 4.15. The van der Waals surface area contributed by atoms with Gasteiger partial charge in [0.2, 0.25) is 0 Å². The van der Waals surface area contributed by atoms with Crippen LogP contribution in [-0.4, -0.2) is 22.5 Å². The summed E-state index contributed by atoms with van der Waals surface area (Å²) in [5.74, 6) is 0.760. The summed E-state index contributed by atoms with van der Waals surface area (Å²) in [5.41, 5.74) is 8.92. The molecule has 0 unspecified atom stereocenters. The lowest BCUT2D eigenvalue weighted by Crippen LogP contribution is -2.02. The summed E-state index contributed by atoms with van der Waals surface area (Å²) in [6.45, 7) is 3.04. The Kier molecular flexibility index (Phi) is 8.70. The second-order valence-corrected chi connectivity index (χ2v) is 9.94. The van der Waals surface area contributed by atoms with E-state index in [-0.39, 0.29) is 4.90 Å². The molecule has 0 aliphatic carbocycles. The zero-order valence-corrected chi connectivity index (χ0v) is 19.8. The number of rotatable bonds is 13. The quantitative estimate of drug-likeness (QED) is 0.174. The Labute approximate surface area is 191 Å². The van der Waals surface area contributed by atoms with Gasteiger partial charge in [0.15, 0.2) is 0 Å². The first-order valence-corrected chi connectivity index (χ1v) is 13.2. The second kappa shape index (κ2) is 11.5. The Hall–Kier alpha value is -2.38. The number of unbranched alkanes of at least 4 members (excludes halogenated alkanes) is 9. The minimum Gasteiger partial charge on any atom is -0.399 e. The van der Waals surface area contributed by atoms with Gasteiger partial charge in [-0.25, -0.2) is 4.98 Å². The predicted molar refractivity (Wildman–Crippen MR) is 131 cm³/mol. The molecule has 0 aliphatic rings. The summed E-state index contributed by atoms with van der Waals surface area (Å²) in [4.78, 5) is 4.55. The summed E-state index contributed by atoms with van der Waals surface area (Å²) in [5, 5.41) is 0. The van der Waals surface area contributed by atoms with Crippen molar-refractivity contribution in [3.63, 3.8) is 0 Å². The number of aryl methyl sites for hydroxylation is 1. The Morgan fingerprint density at radius 3 is 2.19 bits per heavy atom. The lowest BCUT2D eigenvalue weighted by molar-refractivity contribution is 0.483. The van der Waals surface area contributed by atoms with Gasteiger partial charge in [-0.3, -0.25) is 4.55 Å². The number of imidazole rings is 1. The van der Waals surface area contributed by atoms with Crippen molar-refractivity contribution in [2.75, 3.05) is 5.73 Å². The number of nitrogens with zero attached hydrogens (tertiary/aromatic N) is 2. The molecule has 32 heavy (non-hydrogen) atoms. The van der Waals surface area contributed by atoms with Gasteiger partial charge in [-0.15, -0.1) is 0 Å². The smallest absolute Gasteiger partial charge is 0.294 e. The third kappa shape index (κ3) is 6.56. The minimum absolute atomic E-state index is 0.146. The summed E-state index contributed by atoms with van der Waals surface area (Å²) in [7, 11) is -4.28. The molecule has 0 bridgehead atoms. The number of hydrogen-bond donors (Lipinski definition) is 2. The van der Waals surface area contributed by atoms with Gasteiger partial charge in [-0.05, 0) is 36.8 Å². The van der Waals surface area contributed by atoms with E-state index in [1.54, 1.807) is 6.07 Å². The van der Waals surface area contributed by atoms with Crippen LogP contribution in [0.25, 0.3) is 22.4 Å². The Morgan fingerprint density at radius 1 is 0.906 bits per heavy atom. The molecule has 3 aromatic rings. The molecule has 0 saturated heterocycles. The molecule has 0 aliphatic heterocycles. The summed E-state index contributed by atoms with van der Waals surface area (Å²) in [6.07, 6.45) is 12.7. The van der Waals surface area contributed by atoms with Gasteiger partial charge in [-0.2, -0.15) is 8.42 Å². The maximum atomic E-state index is 11.6. The molecule has 0 atom stereocenters. The van der Waals surface area contributed by atoms with Crippen molar-refractivity contribution in [2.24, 2.45) is 0 Å². The Bertz CT molecular complexity index is 1120. The molecule has 3 rings (SSSR count). The van der Waals surface area contributed by atoms with E-state index in [9.17, 15) is 13.0 Å². The molecule has 0 radical (unpaired) electrons. The number of aromatic nitrogens is 2. The monoisotopic (exact) mass is 457 g/mol. The van der Waals surface area contributed by atoms with Crippen molar-refractivity contribution in [3.05, 3.63) is 42.5 Å². The third-order valence-corrected chi connectivity index (χ3v) is 6.75. The number of nitrogen functional groups attached to an aromatic ring is 1. The molecule has 0 saturated carbocycles. The van der Waals surface area contributed by atoms with Gasteiger partial charge in [0.1, 0.15) is 5.82 Å². The van der Waals surface area contributed by atoms with Crippen molar-refractivity contribution in [2.45, 2.75) is 82.6 Å². The second-order valence-electron chi connectivity index (χ2n) is 8.52. The summed E-state index contributed by atoms with van der Waals surface area (Å²) >= 11 is 0. The van der Waals surface area contributed by atoms with Gasteiger partial charge < -0.3 is 10.3 Å².